The average molecular weight is 515 g/mol. The van der Waals surface area contributed by atoms with Crippen LogP contribution < -0.4 is 0 Å². The standard InChI is InChI=1S/C40H34/c1-5-13-35(14-6-1)39(36-15-7-2-8-16-36)29-31-21-25-33(26-22-31)34-27-23-32(24-28-34)30-40(37-17-9-3-10-18-37)38-19-11-4-12-20-38/h1-28,39-40H,29-30H2. The van der Waals surface area contributed by atoms with Crippen LogP contribution in [0, 0.1) is 0 Å². The Bertz CT molecular complexity index is 1380. The van der Waals surface area contributed by atoms with E-state index < -0.39 is 0 Å². The third-order valence-corrected chi connectivity index (χ3v) is 7.93. The normalized spacial score (nSPS) is 11.2. The van der Waals surface area contributed by atoms with Gasteiger partial charge in [0.2, 0.25) is 0 Å². The zero-order valence-electron chi connectivity index (χ0n) is 22.7. The van der Waals surface area contributed by atoms with E-state index in [2.05, 4.69) is 170 Å². The first kappa shape index (κ1) is 25.6. The molecule has 6 aromatic carbocycles. The zero-order valence-corrected chi connectivity index (χ0v) is 22.7. The van der Waals surface area contributed by atoms with Crippen molar-refractivity contribution in [3.05, 3.63) is 203 Å². The first-order valence-corrected chi connectivity index (χ1v) is 14.2. The second-order valence-corrected chi connectivity index (χ2v) is 10.6. The summed E-state index contributed by atoms with van der Waals surface area (Å²) in [4.78, 5) is 0. The Hall–Kier alpha value is -4.68. The van der Waals surface area contributed by atoms with Crippen molar-refractivity contribution in [3.8, 4) is 11.1 Å². The van der Waals surface area contributed by atoms with Gasteiger partial charge in [-0.3, -0.25) is 0 Å². The van der Waals surface area contributed by atoms with Gasteiger partial charge in [0.25, 0.3) is 0 Å². The molecule has 0 nitrogen and oxygen atoms in total. The quantitative estimate of drug-likeness (QED) is 0.180. The highest BCUT2D eigenvalue weighted by Gasteiger charge is 2.16. The number of hydrogen-bond acceptors (Lipinski definition) is 0. The molecule has 0 spiro atoms. The minimum Gasteiger partial charge on any atom is -0.0622 e. The Morgan fingerprint density at radius 3 is 0.775 bits per heavy atom. The summed E-state index contributed by atoms with van der Waals surface area (Å²) in [7, 11) is 0. The van der Waals surface area contributed by atoms with E-state index in [1.54, 1.807) is 0 Å². The topological polar surface area (TPSA) is 0 Å². The van der Waals surface area contributed by atoms with Gasteiger partial charge in [0.15, 0.2) is 0 Å². The molecule has 0 saturated heterocycles. The van der Waals surface area contributed by atoms with Crippen LogP contribution in [0.15, 0.2) is 170 Å². The van der Waals surface area contributed by atoms with Crippen LogP contribution in [0.3, 0.4) is 0 Å². The van der Waals surface area contributed by atoms with Crippen LogP contribution in [0.2, 0.25) is 0 Å². The molecule has 0 heterocycles. The first-order valence-electron chi connectivity index (χ1n) is 14.2. The van der Waals surface area contributed by atoms with Crippen molar-refractivity contribution in [2.75, 3.05) is 0 Å². The first-order chi connectivity index (χ1) is 19.8. The van der Waals surface area contributed by atoms with Crippen molar-refractivity contribution in [3.63, 3.8) is 0 Å². The summed E-state index contributed by atoms with van der Waals surface area (Å²) >= 11 is 0. The highest BCUT2D eigenvalue weighted by molar-refractivity contribution is 5.64. The molecule has 40 heavy (non-hydrogen) atoms. The van der Waals surface area contributed by atoms with Crippen molar-refractivity contribution in [2.45, 2.75) is 24.7 Å². The van der Waals surface area contributed by atoms with Crippen molar-refractivity contribution < 1.29 is 0 Å². The summed E-state index contributed by atoms with van der Waals surface area (Å²) in [6, 6.07) is 61.7. The van der Waals surface area contributed by atoms with Crippen LogP contribution in [0.5, 0.6) is 0 Å². The van der Waals surface area contributed by atoms with E-state index in [1.807, 2.05) is 0 Å². The van der Waals surface area contributed by atoms with E-state index in [1.165, 1.54) is 44.5 Å². The molecule has 0 bridgehead atoms. The van der Waals surface area contributed by atoms with Gasteiger partial charge in [-0.1, -0.05) is 170 Å². The predicted octanol–water partition coefficient (Wildman–Crippen LogP) is 10.1. The molecule has 0 amide bonds. The molecule has 0 radical (unpaired) electrons. The summed E-state index contributed by atoms with van der Waals surface area (Å²) in [6.45, 7) is 0. The van der Waals surface area contributed by atoms with Gasteiger partial charge in [0, 0.05) is 11.8 Å². The Morgan fingerprint density at radius 2 is 0.525 bits per heavy atom. The van der Waals surface area contributed by atoms with Crippen molar-refractivity contribution in [1.82, 2.24) is 0 Å². The van der Waals surface area contributed by atoms with Gasteiger partial charge in [-0.15, -0.1) is 0 Å². The van der Waals surface area contributed by atoms with Crippen molar-refractivity contribution in [1.29, 1.82) is 0 Å². The molecule has 0 unspecified atom stereocenters. The minimum atomic E-state index is 0.342. The van der Waals surface area contributed by atoms with Gasteiger partial charge in [-0.25, -0.2) is 0 Å². The van der Waals surface area contributed by atoms with E-state index >= 15 is 0 Å². The van der Waals surface area contributed by atoms with Gasteiger partial charge in [0.05, 0.1) is 0 Å². The van der Waals surface area contributed by atoms with Crippen LogP contribution in [0.1, 0.15) is 45.2 Å². The van der Waals surface area contributed by atoms with Gasteiger partial charge in [-0.05, 0) is 57.3 Å². The predicted molar refractivity (Wildman–Crippen MR) is 169 cm³/mol. The molecule has 0 aliphatic heterocycles. The number of benzene rings is 6. The molecule has 0 saturated carbocycles. The molecular weight excluding hydrogens is 480 g/mol. The lowest BCUT2D eigenvalue weighted by atomic mass is 9.85. The second kappa shape index (κ2) is 12.5. The smallest absolute Gasteiger partial charge is 0.0130 e. The summed E-state index contributed by atoms with van der Waals surface area (Å²) in [6.07, 6.45) is 1.96. The Labute approximate surface area is 238 Å². The minimum absolute atomic E-state index is 0.342. The Morgan fingerprint density at radius 1 is 0.275 bits per heavy atom. The van der Waals surface area contributed by atoms with Gasteiger partial charge in [-0.2, -0.15) is 0 Å². The summed E-state index contributed by atoms with van der Waals surface area (Å²) < 4.78 is 0. The fourth-order valence-electron chi connectivity index (χ4n) is 5.74. The van der Waals surface area contributed by atoms with Gasteiger partial charge >= 0.3 is 0 Å². The maximum atomic E-state index is 2.29. The molecule has 0 aromatic heterocycles. The monoisotopic (exact) mass is 514 g/mol. The molecule has 0 atom stereocenters. The summed E-state index contributed by atoms with van der Waals surface area (Å²) in [5.74, 6) is 0.685. The number of rotatable bonds is 9. The lowest BCUT2D eigenvalue weighted by molar-refractivity contribution is 0.805. The lowest BCUT2D eigenvalue weighted by Crippen LogP contribution is -2.05. The molecule has 6 rings (SSSR count). The molecule has 0 heteroatoms. The van der Waals surface area contributed by atoms with Crippen LogP contribution in [0.25, 0.3) is 11.1 Å². The number of hydrogen-bond donors (Lipinski definition) is 0. The molecule has 194 valence electrons. The van der Waals surface area contributed by atoms with E-state index in [4.69, 9.17) is 0 Å². The Kier molecular flexibility index (Phi) is 7.97. The Balaban J connectivity index is 1.19. The highest BCUT2D eigenvalue weighted by atomic mass is 14.2. The largest absolute Gasteiger partial charge is 0.0622 e. The molecule has 0 N–H and O–H groups in total. The maximum Gasteiger partial charge on any atom is 0.0130 e. The van der Waals surface area contributed by atoms with Crippen molar-refractivity contribution in [2.24, 2.45) is 0 Å². The van der Waals surface area contributed by atoms with Gasteiger partial charge < -0.3 is 0 Å². The molecule has 0 fully saturated rings. The molecular formula is C40H34. The molecule has 0 aliphatic carbocycles. The van der Waals surface area contributed by atoms with Crippen LogP contribution in [-0.4, -0.2) is 0 Å². The fraction of sp³-hybridized carbons (Fsp3) is 0.100. The van der Waals surface area contributed by atoms with Crippen LogP contribution in [-0.2, 0) is 12.8 Å². The lowest BCUT2D eigenvalue weighted by Gasteiger charge is -2.19. The molecule has 6 aromatic rings. The zero-order chi connectivity index (χ0) is 27.0. The van der Waals surface area contributed by atoms with E-state index in [0.717, 1.165) is 12.8 Å². The van der Waals surface area contributed by atoms with Gasteiger partial charge in [0.1, 0.15) is 0 Å². The second-order valence-electron chi connectivity index (χ2n) is 10.6. The SMILES string of the molecule is c1ccc(C(Cc2ccc(-c3ccc(CC(c4ccccc4)c4ccccc4)cc3)cc2)c2ccccc2)cc1. The third kappa shape index (κ3) is 6.14. The summed E-state index contributed by atoms with van der Waals surface area (Å²) in [5, 5.41) is 0. The molecule has 0 aliphatic rings. The maximum absolute atomic E-state index is 2.29. The highest BCUT2D eigenvalue weighted by Crippen LogP contribution is 2.31. The third-order valence-electron chi connectivity index (χ3n) is 7.93. The van der Waals surface area contributed by atoms with Crippen LogP contribution in [0.4, 0.5) is 0 Å². The summed E-state index contributed by atoms with van der Waals surface area (Å²) in [5.41, 5.74) is 10.7. The van der Waals surface area contributed by atoms with Crippen LogP contribution >= 0.6 is 0 Å². The van der Waals surface area contributed by atoms with E-state index in [9.17, 15) is 0 Å². The van der Waals surface area contributed by atoms with Crippen molar-refractivity contribution >= 4 is 0 Å². The van der Waals surface area contributed by atoms with E-state index in [-0.39, 0.29) is 0 Å². The fourth-order valence-corrected chi connectivity index (χ4v) is 5.74. The van der Waals surface area contributed by atoms with E-state index in [0.29, 0.717) is 11.8 Å². The average Bonchev–Trinajstić information content (AvgIpc) is 3.05.